The summed E-state index contributed by atoms with van der Waals surface area (Å²) < 4.78 is 0. The molecule has 4 N–H and O–H groups in total. The summed E-state index contributed by atoms with van der Waals surface area (Å²) in [5.74, 6) is 11.4. The fourth-order valence-electron chi connectivity index (χ4n) is 0.369. The van der Waals surface area contributed by atoms with E-state index in [1.54, 1.807) is 0 Å². The van der Waals surface area contributed by atoms with Crippen LogP contribution in [0.5, 0.6) is 0 Å². The maximum atomic E-state index is 5.29. The normalized spacial score (nSPS) is 10.3. The van der Waals surface area contributed by atoms with Crippen LogP contribution in [0.1, 0.15) is 13.3 Å². The summed E-state index contributed by atoms with van der Waals surface area (Å²) in [5.41, 5.74) is 5.29. The van der Waals surface area contributed by atoms with E-state index in [2.05, 4.69) is 16.9 Å². The molecule has 10 heavy (non-hydrogen) atoms. The Hall–Kier alpha value is -0.820. The number of amidine groups is 1. The summed E-state index contributed by atoms with van der Waals surface area (Å²) in [6, 6.07) is 0. The van der Waals surface area contributed by atoms with Crippen LogP contribution in [0, 0.1) is 11.8 Å². The van der Waals surface area contributed by atoms with Crippen molar-refractivity contribution in [1.29, 1.82) is 0 Å². The topological polar surface area (TPSA) is 64.4 Å². The molecule has 0 saturated carbocycles. The highest BCUT2D eigenvalue weighted by Gasteiger charge is 1.89. The van der Waals surface area contributed by atoms with Crippen LogP contribution in [-0.2, 0) is 0 Å². The van der Waals surface area contributed by atoms with E-state index in [4.69, 9.17) is 11.6 Å². The van der Waals surface area contributed by atoms with Gasteiger partial charge in [-0.05, 0) is 6.92 Å². The second-order valence-electron chi connectivity index (χ2n) is 1.49. The summed E-state index contributed by atoms with van der Waals surface area (Å²) in [6.45, 7) is 1.81. The van der Waals surface area contributed by atoms with E-state index in [1.807, 2.05) is 6.92 Å². The van der Waals surface area contributed by atoms with E-state index < -0.39 is 0 Å². The highest BCUT2D eigenvalue weighted by Crippen LogP contribution is 1.99. The van der Waals surface area contributed by atoms with Gasteiger partial charge in [0.25, 0.3) is 0 Å². The van der Waals surface area contributed by atoms with Crippen molar-refractivity contribution in [3.05, 3.63) is 0 Å². The van der Waals surface area contributed by atoms with Crippen LogP contribution >= 0.6 is 11.8 Å². The van der Waals surface area contributed by atoms with Crippen molar-refractivity contribution in [2.24, 2.45) is 16.7 Å². The molecule has 0 radical (unpaired) electrons. The fraction of sp³-hybridized carbons (Fsp3) is 0.500. The SMILES string of the molecule is CC#CCCS/C(N)=N/N. The van der Waals surface area contributed by atoms with Crippen LogP contribution in [0.15, 0.2) is 5.10 Å². The molecule has 0 fully saturated rings. The lowest BCUT2D eigenvalue weighted by Gasteiger charge is -1.92. The molecular weight excluding hydrogens is 146 g/mol. The Morgan fingerprint density at radius 3 is 2.90 bits per heavy atom. The predicted molar refractivity (Wildman–Crippen MR) is 46.3 cm³/mol. The highest BCUT2D eigenvalue weighted by atomic mass is 32.2. The molecule has 4 heteroatoms. The molecule has 0 unspecified atom stereocenters. The first-order chi connectivity index (χ1) is 4.81. The first-order valence-electron chi connectivity index (χ1n) is 2.87. The smallest absolute Gasteiger partial charge is 0.177 e. The van der Waals surface area contributed by atoms with Gasteiger partial charge in [0, 0.05) is 12.2 Å². The van der Waals surface area contributed by atoms with Crippen LogP contribution in [0.2, 0.25) is 0 Å². The molecule has 0 aliphatic heterocycles. The van der Waals surface area contributed by atoms with Gasteiger partial charge in [-0.25, -0.2) is 0 Å². The van der Waals surface area contributed by atoms with Gasteiger partial charge in [-0.1, -0.05) is 11.8 Å². The van der Waals surface area contributed by atoms with Crippen molar-refractivity contribution >= 4 is 16.9 Å². The molecule has 0 atom stereocenters. The molecule has 0 rings (SSSR count). The van der Waals surface area contributed by atoms with Gasteiger partial charge in [0.15, 0.2) is 5.17 Å². The second kappa shape index (κ2) is 6.30. The third kappa shape index (κ3) is 5.32. The van der Waals surface area contributed by atoms with Gasteiger partial charge in [0.2, 0.25) is 0 Å². The van der Waals surface area contributed by atoms with E-state index in [1.165, 1.54) is 11.8 Å². The molecule has 0 heterocycles. The van der Waals surface area contributed by atoms with Crippen molar-refractivity contribution < 1.29 is 0 Å². The molecule has 0 spiro atoms. The molecule has 0 aliphatic carbocycles. The highest BCUT2D eigenvalue weighted by molar-refractivity contribution is 8.13. The van der Waals surface area contributed by atoms with Crippen molar-refractivity contribution in [2.75, 3.05) is 5.75 Å². The standard InChI is InChI=1S/C6H11N3S/c1-2-3-4-5-10-6(7)9-8/h4-5,8H2,1H3,(H2,7,9). The minimum absolute atomic E-state index is 0.415. The largest absolute Gasteiger partial charge is 0.377 e. The lowest BCUT2D eigenvalue weighted by molar-refractivity contribution is 1.24. The summed E-state index contributed by atoms with van der Waals surface area (Å²) in [6.07, 6.45) is 0.831. The molecule has 56 valence electrons. The molecule has 3 nitrogen and oxygen atoms in total. The molecule has 0 aromatic rings. The van der Waals surface area contributed by atoms with E-state index in [-0.39, 0.29) is 0 Å². The van der Waals surface area contributed by atoms with E-state index in [0.29, 0.717) is 5.17 Å². The summed E-state index contributed by atoms with van der Waals surface area (Å²) in [5, 5.41) is 3.71. The Kier molecular flexibility index (Phi) is 5.79. The number of nitrogens with zero attached hydrogens (tertiary/aromatic N) is 1. The van der Waals surface area contributed by atoms with Crippen LogP contribution in [0.3, 0.4) is 0 Å². The van der Waals surface area contributed by atoms with Gasteiger partial charge in [-0.2, -0.15) is 5.10 Å². The Bertz CT molecular complexity index is 166. The maximum Gasteiger partial charge on any atom is 0.177 e. The number of hydrogen-bond donors (Lipinski definition) is 2. The lowest BCUT2D eigenvalue weighted by atomic mass is 10.5. The van der Waals surface area contributed by atoms with E-state index in [0.717, 1.165) is 12.2 Å². The van der Waals surface area contributed by atoms with Crippen molar-refractivity contribution in [3.8, 4) is 11.8 Å². The first-order valence-corrected chi connectivity index (χ1v) is 3.85. The van der Waals surface area contributed by atoms with Crippen molar-refractivity contribution in [3.63, 3.8) is 0 Å². The third-order valence-corrected chi connectivity index (χ3v) is 1.59. The van der Waals surface area contributed by atoms with Gasteiger partial charge >= 0.3 is 0 Å². The van der Waals surface area contributed by atoms with Crippen molar-refractivity contribution in [2.45, 2.75) is 13.3 Å². The number of hydrazone groups is 1. The predicted octanol–water partition coefficient (Wildman–Crippen LogP) is 0.321. The Morgan fingerprint density at radius 1 is 1.70 bits per heavy atom. The zero-order valence-electron chi connectivity index (χ0n) is 5.92. The number of hydrogen-bond acceptors (Lipinski definition) is 3. The molecule has 0 amide bonds. The minimum atomic E-state index is 0.415. The molecule has 0 aliphatic rings. The zero-order valence-corrected chi connectivity index (χ0v) is 6.74. The van der Waals surface area contributed by atoms with Crippen molar-refractivity contribution in [1.82, 2.24) is 0 Å². The second-order valence-corrected chi connectivity index (χ2v) is 2.61. The monoisotopic (exact) mass is 157 g/mol. The van der Waals surface area contributed by atoms with Crippen LogP contribution < -0.4 is 11.6 Å². The summed E-state index contributed by atoms with van der Waals surface area (Å²) >= 11 is 1.42. The lowest BCUT2D eigenvalue weighted by Crippen LogP contribution is -2.09. The van der Waals surface area contributed by atoms with Gasteiger partial charge < -0.3 is 11.6 Å². The molecular formula is C6H11N3S. The van der Waals surface area contributed by atoms with Crippen LogP contribution in [0.4, 0.5) is 0 Å². The molecule has 0 saturated heterocycles. The van der Waals surface area contributed by atoms with E-state index in [9.17, 15) is 0 Å². The summed E-state index contributed by atoms with van der Waals surface area (Å²) in [4.78, 5) is 0. The average molecular weight is 157 g/mol. The molecule has 0 aromatic heterocycles. The third-order valence-electron chi connectivity index (χ3n) is 0.781. The number of nitrogens with two attached hydrogens (primary N) is 2. The summed E-state index contributed by atoms with van der Waals surface area (Å²) in [7, 11) is 0. The van der Waals surface area contributed by atoms with Crippen LogP contribution in [0.25, 0.3) is 0 Å². The Labute approximate surface area is 65.2 Å². The van der Waals surface area contributed by atoms with Gasteiger partial charge in [0.1, 0.15) is 0 Å². The minimum Gasteiger partial charge on any atom is -0.377 e. The Balaban J connectivity index is 3.26. The quantitative estimate of drug-likeness (QED) is 0.151. The molecule has 0 aromatic carbocycles. The van der Waals surface area contributed by atoms with Gasteiger partial charge in [-0.3, -0.25) is 0 Å². The first kappa shape index (κ1) is 9.18. The Morgan fingerprint density at radius 2 is 2.40 bits per heavy atom. The maximum absolute atomic E-state index is 5.29. The van der Waals surface area contributed by atoms with E-state index >= 15 is 0 Å². The average Bonchev–Trinajstić information content (AvgIpc) is 1.98. The number of thioether (sulfide) groups is 1. The van der Waals surface area contributed by atoms with Gasteiger partial charge in [0.05, 0.1) is 0 Å². The molecule has 0 bridgehead atoms. The van der Waals surface area contributed by atoms with Gasteiger partial charge in [-0.15, -0.1) is 11.8 Å². The zero-order chi connectivity index (χ0) is 7.82. The fourth-order valence-corrected chi connectivity index (χ4v) is 0.857. The number of rotatable bonds is 2. The van der Waals surface area contributed by atoms with Crippen LogP contribution in [-0.4, -0.2) is 10.9 Å².